The van der Waals surface area contributed by atoms with Crippen molar-refractivity contribution in [3.05, 3.63) is 58.2 Å². The predicted octanol–water partition coefficient (Wildman–Crippen LogP) is 1.97. The molecule has 1 unspecified atom stereocenters. The summed E-state index contributed by atoms with van der Waals surface area (Å²) >= 11 is 6.68. The average Bonchev–Trinajstić information content (AvgIpc) is 3.29. The molecular formula is C23H26ClN7O3. The number of aliphatic hydroxyl groups is 1. The van der Waals surface area contributed by atoms with Gasteiger partial charge in [-0.25, -0.2) is 14.6 Å². The first kappa shape index (κ1) is 23.5. The lowest BCUT2D eigenvalue weighted by Gasteiger charge is -2.24. The molecule has 0 spiro atoms. The number of benzene rings is 1. The van der Waals surface area contributed by atoms with E-state index in [9.17, 15) is 4.79 Å². The van der Waals surface area contributed by atoms with Crippen molar-refractivity contribution < 1.29 is 14.6 Å². The molecule has 1 aliphatic rings. The summed E-state index contributed by atoms with van der Waals surface area (Å²) in [5, 5.41) is 20.4. The normalized spacial score (nSPS) is 14.3. The van der Waals surface area contributed by atoms with Crippen LogP contribution in [0.25, 0.3) is 16.6 Å². The molecule has 0 bridgehead atoms. The Hall–Kier alpha value is -3.63. The number of nitrogen functional groups attached to an aromatic ring is 1. The van der Waals surface area contributed by atoms with Crippen LogP contribution >= 0.6 is 11.6 Å². The van der Waals surface area contributed by atoms with Crippen LogP contribution in [0, 0.1) is 6.92 Å². The summed E-state index contributed by atoms with van der Waals surface area (Å²) in [5.74, 6) is 0.682. The number of allylic oxidation sites excluding steroid dienone is 2. The Kier molecular flexibility index (Phi) is 6.71. The third-order valence-electron chi connectivity index (χ3n) is 5.79. The van der Waals surface area contributed by atoms with Crippen LogP contribution in [0.5, 0.6) is 5.75 Å². The second-order valence-electron chi connectivity index (χ2n) is 7.82. The molecule has 5 N–H and O–H groups in total. The summed E-state index contributed by atoms with van der Waals surface area (Å²) in [7, 11) is 1.60. The second kappa shape index (κ2) is 9.70. The number of methoxy groups -OCH3 is 1. The van der Waals surface area contributed by atoms with Crippen LogP contribution in [0.4, 0.5) is 5.82 Å². The largest absolute Gasteiger partial charge is 0.496 e. The van der Waals surface area contributed by atoms with Crippen molar-refractivity contribution in [2.75, 3.05) is 32.5 Å². The van der Waals surface area contributed by atoms with Crippen molar-refractivity contribution in [1.82, 2.24) is 30.4 Å². The number of carbonyl (C=O) groups is 1. The smallest absolute Gasteiger partial charge is 0.267 e. The molecular weight excluding hydrogens is 458 g/mol. The minimum Gasteiger partial charge on any atom is -0.496 e. The van der Waals surface area contributed by atoms with Crippen molar-refractivity contribution in [3.63, 3.8) is 0 Å². The van der Waals surface area contributed by atoms with Gasteiger partial charge in [-0.1, -0.05) is 17.7 Å². The molecule has 0 fully saturated rings. The summed E-state index contributed by atoms with van der Waals surface area (Å²) in [6, 6.07) is 1.57. The molecule has 1 amide bonds. The molecule has 2 aromatic heterocycles. The number of fused-ring (bicyclic) bond motifs is 1. The van der Waals surface area contributed by atoms with E-state index in [0.29, 0.717) is 39.9 Å². The van der Waals surface area contributed by atoms with Gasteiger partial charge in [0.2, 0.25) is 0 Å². The average molecular weight is 484 g/mol. The third kappa shape index (κ3) is 4.17. The van der Waals surface area contributed by atoms with Gasteiger partial charge in [-0.2, -0.15) is 5.10 Å². The highest BCUT2D eigenvalue weighted by Gasteiger charge is 2.25. The van der Waals surface area contributed by atoms with Gasteiger partial charge < -0.3 is 26.2 Å². The number of aromatic nitrogens is 4. The number of nitrogens with two attached hydrogens (primary N) is 1. The number of amides is 1. The van der Waals surface area contributed by atoms with E-state index in [1.807, 2.05) is 26.0 Å². The van der Waals surface area contributed by atoms with Crippen LogP contribution in [0.2, 0.25) is 5.02 Å². The molecule has 10 nitrogen and oxygen atoms in total. The molecule has 3 aromatic rings. The van der Waals surface area contributed by atoms with Crippen molar-refractivity contribution in [3.8, 4) is 5.75 Å². The Bertz CT molecular complexity index is 1320. The minimum atomic E-state index is -0.299. The molecule has 4 rings (SSSR count). The molecule has 0 aliphatic carbocycles. The predicted molar refractivity (Wildman–Crippen MR) is 130 cm³/mol. The van der Waals surface area contributed by atoms with E-state index >= 15 is 0 Å². The number of halogens is 1. The fourth-order valence-corrected chi connectivity index (χ4v) is 4.25. The third-order valence-corrected chi connectivity index (χ3v) is 6.19. The number of dihydropyridines is 1. The standard InChI is InChI=1S/C23H26ClN7O3/c1-12-17(24)9-15(13(2)31-22-16(10-30-31)21(25)28-11-29-22)20(34-3)19(12)14-4-5-26-18(8-14)23(33)27-6-7-32/h4,8-11,13,26,32H,5-7H2,1-3H3,(H,27,33)(H2,25,28,29). The number of hydrogen-bond donors (Lipinski definition) is 4. The van der Waals surface area contributed by atoms with Gasteiger partial charge in [-0.3, -0.25) is 4.79 Å². The van der Waals surface area contributed by atoms with Crippen LogP contribution in [0.15, 0.2) is 36.4 Å². The van der Waals surface area contributed by atoms with Crippen molar-refractivity contribution in [2.24, 2.45) is 0 Å². The van der Waals surface area contributed by atoms with Gasteiger partial charge >= 0.3 is 0 Å². The van der Waals surface area contributed by atoms with Crippen molar-refractivity contribution >= 4 is 39.9 Å². The number of ether oxygens (including phenoxy) is 1. The number of nitrogens with one attached hydrogen (secondary N) is 2. The lowest BCUT2D eigenvalue weighted by Crippen LogP contribution is -2.34. The van der Waals surface area contributed by atoms with Crippen LogP contribution in [-0.4, -0.2) is 57.6 Å². The maximum Gasteiger partial charge on any atom is 0.267 e. The molecule has 1 atom stereocenters. The Balaban J connectivity index is 1.82. The summed E-state index contributed by atoms with van der Waals surface area (Å²) in [6.45, 7) is 4.37. The van der Waals surface area contributed by atoms with E-state index in [0.717, 1.165) is 22.3 Å². The van der Waals surface area contributed by atoms with Gasteiger partial charge in [0.05, 0.1) is 31.3 Å². The van der Waals surface area contributed by atoms with Crippen molar-refractivity contribution in [2.45, 2.75) is 19.9 Å². The summed E-state index contributed by atoms with van der Waals surface area (Å²) in [6.07, 6.45) is 6.76. The monoisotopic (exact) mass is 483 g/mol. The Morgan fingerprint density at radius 3 is 2.97 bits per heavy atom. The van der Waals surface area contributed by atoms with Gasteiger partial charge in [0.25, 0.3) is 5.91 Å². The van der Waals surface area contributed by atoms with Gasteiger partial charge in [0.1, 0.15) is 23.6 Å². The molecule has 0 saturated carbocycles. The minimum absolute atomic E-state index is 0.136. The Labute approximate surface area is 201 Å². The maximum atomic E-state index is 12.5. The summed E-state index contributed by atoms with van der Waals surface area (Å²) < 4.78 is 7.65. The SMILES string of the molecule is COc1c(C(C)n2ncc3c(N)ncnc32)cc(Cl)c(C)c1C1=CCNC(C(=O)NCCO)=C1. The van der Waals surface area contributed by atoms with Crippen LogP contribution in [0.3, 0.4) is 0 Å². The highest BCUT2D eigenvalue weighted by atomic mass is 35.5. The molecule has 0 radical (unpaired) electrons. The zero-order valence-electron chi connectivity index (χ0n) is 19.1. The number of carbonyl (C=O) groups excluding carboxylic acids is 1. The maximum absolute atomic E-state index is 12.5. The molecule has 1 aromatic carbocycles. The first-order valence-corrected chi connectivity index (χ1v) is 11.1. The zero-order valence-corrected chi connectivity index (χ0v) is 19.8. The lowest BCUT2D eigenvalue weighted by atomic mass is 9.92. The Morgan fingerprint density at radius 1 is 1.44 bits per heavy atom. The van der Waals surface area contributed by atoms with Gasteiger partial charge in [-0.05, 0) is 37.1 Å². The lowest BCUT2D eigenvalue weighted by molar-refractivity contribution is -0.118. The fourth-order valence-electron chi connectivity index (χ4n) is 4.04. The van der Waals surface area contributed by atoms with E-state index < -0.39 is 0 Å². The molecule has 3 heterocycles. The first-order chi connectivity index (χ1) is 16.4. The van der Waals surface area contributed by atoms with Gasteiger partial charge in [0.15, 0.2) is 5.65 Å². The van der Waals surface area contributed by atoms with E-state index in [1.165, 1.54) is 6.33 Å². The van der Waals surface area contributed by atoms with E-state index in [2.05, 4.69) is 25.7 Å². The summed E-state index contributed by atoms with van der Waals surface area (Å²) in [5.41, 5.74) is 10.2. The van der Waals surface area contributed by atoms with Crippen LogP contribution in [0.1, 0.15) is 29.7 Å². The number of hydrogen-bond acceptors (Lipinski definition) is 8. The number of aliphatic hydroxyl groups excluding tert-OH is 1. The van der Waals surface area contributed by atoms with E-state index in [-0.39, 0.29) is 25.1 Å². The van der Waals surface area contributed by atoms with Crippen LogP contribution < -0.4 is 21.1 Å². The zero-order chi connectivity index (χ0) is 24.4. The summed E-state index contributed by atoms with van der Waals surface area (Å²) in [4.78, 5) is 20.8. The molecule has 34 heavy (non-hydrogen) atoms. The van der Waals surface area contributed by atoms with Gasteiger partial charge in [0, 0.05) is 29.2 Å². The highest BCUT2D eigenvalue weighted by molar-refractivity contribution is 6.31. The highest BCUT2D eigenvalue weighted by Crippen LogP contribution is 2.42. The number of nitrogens with zero attached hydrogens (tertiary/aromatic N) is 4. The molecule has 178 valence electrons. The molecule has 11 heteroatoms. The van der Waals surface area contributed by atoms with Crippen molar-refractivity contribution in [1.29, 1.82) is 0 Å². The fraction of sp³-hybridized carbons (Fsp3) is 0.304. The molecule has 0 saturated heterocycles. The quantitative estimate of drug-likeness (QED) is 0.400. The van der Waals surface area contributed by atoms with Crippen LogP contribution in [-0.2, 0) is 4.79 Å². The van der Waals surface area contributed by atoms with Gasteiger partial charge in [-0.15, -0.1) is 0 Å². The van der Waals surface area contributed by atoms with E-state index in [1.54, 1.807) is 24.1 Å². The first-order valence-electron chi connectivity index (χ1n) is 10.7. The number of rotatable bonds is 7. The number of anilines is 1. The Morgan fingerprint density at radius 2 is 2.24 bits per heavy atom. The van der Waals surface area contributed by atoms with E-state index in [4.69, 9.17) is 27.2 Å². The second-order valence-corrected chi connectivity index (χ2v) is 8.23. The topological polar surface area (TPSA) is 140 Å². The molecule has 1 aliphatic heterocycles.